The van der Waals surface area contributed by atoms with Crippen molar-refractivity contribution in [1.29, 1.82) is 0 Å². The molecule has 1 aromatic carbocycles. The van der Waals surface area contributed by atoms with Crippen LogP contribution in [0.3, 0.4) is 0 Å². The molecule has 18 heavy (non-hydrogen) atoms. The van der Waals surface area contributed by atoms with Gasteiger partial charge in [-0.2, -0.15) is 0 Å². The molecule has 5 heteroatoms. The van der Waals surface area contributed by atoms with Crippen molar-refractivity contribution in [3.8, 4) is 0 Å². The predicted molar refractivity (Wildman–Crippen MR) is 70.4 cm³/mol. The third-order valence-corrected chi connectivity index (χ3v) is 3.50. The van der Waals surface area contributed by atoms with Gasteiger partial charge in [-0.3, -0.25) is 10.1 Å². The molecule has 0 aromatic heterocycles. The number of non-ortho nitro benzene ring substituents is 1. The van der Waals surface area contributed by atoms with Gasteiger partial charge in [0.05, 0.1) is 4.92 Å². The van der Waals surface area contributed by atoms with Gasteiger partial charge >= 0.3 is 0 Å². The van der Waals surface area contributed by atoms with Crippen LogP contribution in [-0.4, -0.2) is 35.5 Å². The summed E-state index contributed by atoms with van der Waals surface area (Å²) in [7, 11) is 0. The highest BCUT2D eigenvalue weighted by Crippen LogP contribution is 2.14. The van der Waals surface area contributed by atoms with Gasteiger partial charge in [-0.15, -0.1) is 0 Å². The summed E-state index contributed by atoms with van der Waals surface area (Å²) >= 11 is 0. The number of likely N-dealkylation sites (tertiary alicyclic amines) is 1. The molecular formula is C13H19N3O2. The van der Waals surface area contributed by atoms with Crippen molar-refractivity contribution in [1.82, 2.24) is 4.90 Å². The minimum absolute atomic E-state index is 0.155. The molecule has 1 aliphatic heterocycles. The van der Waals surface area contributed by atoms with E-state index in [2.05, 4.69) is 4.90 Å². The van der Waals surface area contributed by atoms with Gasteiger partial charge in [-0.05, 0) is 37.9 Å². The fourth-order valence-electron chi connectivity index (χ4n) is 2.25. The van der Waals surface area contributed by atoms with Gasteiger partial charge in [0.2, 0.25) is 0 Å². The summed E-state index contributed by atoms with van der Waals surface area (Å²) in [5.41, 5.74) is 7.16. The van der Waals surface area contributed by atoms with E-state index in [1.165, 1.54) is 0 Å². The average molecular weight is 249 g/mol. The SMILES string of the molecule is NC1CCN(CCc2ccc([N+](=O)[O-])cc2)CC1. The lowest BCUT2D eigenvalue weighted by molar-refractivity contribution is -0.384. The zero-order valence-electron chi connectivity index (χ0n) is 10.4. The van der Waals surface area contributed by atoms with Crippen molar-refractivity contribution in [2.45, 2.75) is 25.3 Å². The fourth-order valence-corrected chi connectivity index (χ4v) is 2.25. The second-order valence-electron chi connectivity index (χ2n) is 4.85. The maximum atomic E-state index is 10.5. The van der Waals surface area contributed by atoms with Crippen LogP contribution in [0.4, 0.5) is 5.69 Å². The largest absolute Gasteiger partial charge is 0.328 e. The van der Waals surface area contributed by atoms with E-state index < -0.39 is 0 Å². The molecule has 0 amide bonds. The number of nitro benzene ring substituents is 1. The van der Waals surface area contributed by atoms with Crippen molar-refractivity contribution >= 4 is 5.69 Å². The molecule has 1 heterocycles. The Morgan fingerprint density at radius 3 is 2.44 bits per heavy atom. The number of nitrogens with two attached hydrogens (primary N) is 1. The first kappa shape index (κ1) is 13.0. The van der Waals surface area contributed by atoms with Crippen LogP contribution in [0.1, 0.15) is 18.4 Å². The van der Waals surface area contributed by atoms with E-state index in [0.717, 1.165) is 44.5 Å². The van der Waals surface area contributed by atoms with Crippen LogP contribution in [0.25, 0.3) is 0 Å². The number of hydrogen-bond donors (Lipinski definition) is 1. The van der Waals surface area contributed by atoms with Gasteiger partial charge in [0.1, 0.15) is 0 Å². The lowest BCUT2D eigenvalue weighted by Gasteiger charge is -2.29. The Hall–Kier alpha value is -1.46. The summed E-state index contributed by atoms with van der Waals surface area (Å²) in [5.74, 6) is 0. The Kier molecular flexibility index (Phi) is 4.28. The number of piperidine rings is 1. The van der Waals surface area contributed by atoms with Crippen LogP contribution in [0.5, 0.6) is 0 Å². The van der Waals surface area contributed by atoms with Crippen molar-refractivity contribution < 1.29 is 4.92 Å². The first-order chi connectivity index (χ1) is 8.65. The first-order valence-corrected chi connectivity index (χ1v) is 6.36. The molecule has 0 bridgehead atoms. The zero-order chi connectivity index (χ0) is 13.0. The minimum atomic E-state index is -0.365. The van der Waals surface area contributed by atoms with Gasteiger partial charge in [-0.25, -0.2) is 0 Å². The van der Waals surface area contributed by atoms with Crippen LogP contribution in [0, 0.1) is 10.1 Å². The third-order valence-electron chi connectivity index (χ3n) is 3.50. The Balaban J connectivity index is 1.81. The highest BCUT2D eigenvalue weighted by Gasteiger charge is 2.15. The molecule has 0 atom stereocenters. The molecule has 1 saturated heterocycles. The zero-order valence-corrected chi connectivity index (χ0v) is 10.4. The maximum absolute atomic E-state index is 10.5. The fraction of sp³-hybridized carbons (Fsp3) is 0.538. The van der Waals surface area contributed by atoms with E-state index in [-0.39, 0.29) is 10.6 Å². The van der Waals surface area contributed by atoms with E-state index in [1.54, 1.807) is 12.1 Å². The number of nitrogens with zero attached hydrogens (tertiary/aromatic N) is 2. The molecule has 1 fully saturated rings. The summed E-state index contributed by atoms with van der Waals surface area (Å²) in [6.45, 7) is 3.13. The molecule has 0 aliphatic carbocycles. The maximum Gasteiger partial charge on any atom is 0.269 e. The lowest BCUT2D eigenvalue weighted by Crippen LogP contribution is -2.40. The molecule has 0 spiro atoms. The van der Waals surface area contributed by atoms with E-state index in [1.807, 2.05) is 12.1 Å². The van der Waals surface area contributed by atoms with Gasteiger partial charge < -0.3 is 10.6 Å². The molecule has 2 N–H and O–H groups in total. The highest BCUT2D eigenvalue weighted by atomic mass is 16.6. The summed E-state index contributed by atoms with van der Waals surface area (Å²) in [6, 6.07) is 7.19. The molecule has 0 radical (unpaired) electrons. The van der Waals surface area contributed by atoms with Crippen LogP contribution in [0.2, 0.25) is 0 Å². The van der Waals surface area contributed by atoms with Gasteiger partial charge in [0, 0.05) is 24.7 Å². The van der Waals surface area contributed by atoms with E-state index in [9.17, 15) is 10.1 Å². The number of rotatable bonds is 4. The van der Waals surface area contributed by atoms with Gasteiger partial charge in [-0.1, -0.05) is 12.1 Å². The molecule has 1 aromatic rings. The Bertz CT molecular complexity index is 397. The summed E-state index contributed by atoms with van der Waals surface area (Å²) in [4.78, 5) is 12.6. The molecule has 2 rings (SSSR count). The number of nitro groups is 1. The van der Waals surface area contributed by atoms with E-state index in [0.29, 0.717) is 6.04 Å². The molecule has 1 aliphatic rings. The Morgan fingerprint density at radius 1 is 1.28 bits per heavy atom. The van der Waals surface area contributed by atoms with Gasteiger partial charge in [0.15, 0.2) is 0 Å². The van der Waals surface area contributed by atoms with Crippen LogP contribution in [0.15, 0.2) is 24.3 Å². The molecule has 5 nitrogen and oxygen atoms in total. The molecule has 0 unspecified atom stereocenters. The number of benzene rings is 1. The Labute approximate surface area is 107 Å². The smallest absolute Gasteiger partial charge is 0.269 e. The molecular weight excluding hydrogens is 230 g/mol. The second-order valence-corrected chi connectivity index (χ2v) is 4.85. The van der Waals surface area contributed by atoms with Crippen molar-refractivity contribution in [2.24, 2.45) is 5.73 Å². The number of hydrogen-bond acceptors (Lipinski definition) is 4. The van der Waals surface area contributed by atoms with Crippen molar-refractivity contribution in [3.63, 3.8) is 0 Å². The predicted octanol–water partition coefficient (Wildman–Crippen LogP) is 1.56. The van der Waals surface area contributed by atoms with Crippen molar-refractivity contribution in [3.05, 3.63) is 39.9 Å². The van der Waals surface area contributed by atoms with Crippen molar-refractivity contribution in [2.75, 3.05) is 19.6 Å². The minimum Gasteiger partial charge on any atom is -0.328 e. The average Bonchev–Trinajstić information content (AvgIpc) is 2.38. The first-order valence-electron chi connectivity index (χ1n) is 6.36. The molecule has 0 saturated carbocycles. The van der Waals surface area contributed by atoms with Crippen LogP contribution >= 0.6 is 0 Å². The second kappa shape index (κ2) is 5.93. The van der Waals surface area contributed by atoms with Crippen LogP contribution < -0.4 is 5.73 Å². The third kappa shape index (κ3) is 3.51. The van der Waals surface area contributed by atoms with E-state index in [4.69, 9.17) is 5.73 Å². The summed E-state index contributed by atoms with van der Waals surface area (Å²) in [5, 5.41) is 10.5. The standard InChI is InChI=1S/C13H19N3O2/c14-12-6-9-15(10-7-12)8-5-11-1-3-13(4-2-11)16(17)18/h1-4,12H,5-10,14H2. The normalized spacial score (nSPS) is 17.8. The van der Waals surface area contributed by atoms with Gasteiger partial charge in [0.25, 0.3) is 5.69 Å². The topological polar surface area (TPSA) is 72.4 Å². The summed E-state index contributed by atoms with van der Waals surface area (Å²) in [6.07, 6.45) is 3.08. The molecule has 98 valence electrons. The summed E-state index contributed by atoms with van der Waals surface area (Å²) < 4.78 is 0. The monoisotopic (exact) mass is 249 g/mol. The lowest BCUT2D eigenvalue weighted by atomic mass is 10.1. The van der Waals surface area contributed by atoms with E-state index >= 15 is 0 Å². The van der Waals surface area contributed by atoms with Crippen LogP contribution in [-0.2, 0) is 6.42 Å². The quantitative estimate of drug-likeness (QED) is 0.649. The Morgan fingerprint density at radius 2 is 1.89 bits per heavy atom. The highest BCUT2D eigenvalue weighted by molar-refractivity contribution is 5.32.